The molecule has 0 amide bonds. The Bertz CT molecular complexity index is 441. The Balaban J connectivity index is 2.61. The summed E-state index contributed by atoms with van der Waals surface area (Å²) >= 11 is 0. The van der Waals surface area contributed by atoms with Crippen LogP contribution in [0.1, 0.15) is 30.4 Å². The molecule has 0 saturated carbocycles. The van der Waals surface area contributed by atoms with Crippen LogP contribution in [0.15, 0.2) is 24.3 Å². The first-order valence-electron chi connectivity index (χ1n) is 6.31. The zero-order chi connectivity index (χ0) is 16.1. The predicted molar refractivity (Wildman–Crippen MR) is 66.2 cm³/mol. The molecule has 0 spiro atoms. The Labute approximate surface area is 118 Å². The fraction of sp³-hybridized carbons (Fsp3) is 0.538. The second-order valence-electron chi connectivity index (χ2n) is 4.77. The molecule has 1 aromatic rings. The van der Waals surface area contributed by atoms with E-state index in [0.717, 1.165) is 12.1 Å². The number of nitrogens with one attached hydrogen (secondary N) is 1. The van der Waals surface area contributed by atoms with Crippen LogP contribution in [0.2, 0.25) is 0 Å². The smallest absolute Gasteiger partial charge is 0.271 e. The molecule has 0 saturated heterocycles. The second kappa shape index (κ2) is 7.13. The Morgan fingerprint density at radius 1 is 1.10 bits per heavy atom. The highest BCUT2D eigenvalue weighted by Gasteiger charge is 2.30. The molecule has 2 nitrogen and oxygen atoms in total. The van der Waals surface area contributed by atoms with Crippen LogP contribution < -0.4 is 11.3 Å². The molecule has 0 aromatic heterocycles. The maximum Gasteiger partial charge on any atom is 0.416 e. The fourth-order valence-electron chi connectivity index (χ4n) is 1.95. The van der Waals surface area contributed by atoms with Gasteiger partial charge in [-0.05, 0) is 30.9 Å². The summed E-state index contributed by atoms with van der Waals surface area (Å²) < 4.78 is 73.8. The van der Waals surface area contributed by atoms with Crippen molar-refractivity contribution >= 4 is 0 Å². The highest BCUT2D eigenvalue weighted by atomic mass is 19.4. The zero-order valence-electron chi connectivity index (χ0n) is 11.1. The van der Waals surface area contributed by atoms with Crippen LogP contribution in [-0.4, -0.2) is 12.2 Å². The van der Waals surface area contributed by atoms with E-state index in [0.29, 0.717) is 5.56 Å². The Hall–Kier alpha value is -1.28. The summed E-state index contributed by atoms with van der Waals surface area (Å²) in [6.07, 6.45) is -9.48. The number of hydrazine groups is 1. The molecule has 0 radical (unpaired) electrons. The van der Waals surface area contributed by atoms with Gasteiger partial charge in [-0.15, -0.1) is 0 Å². The molecule has 1 atom stereocenters. The fourth-order valence-corrected chi connectivity index (χ4v) is 1.95. The van der Waals surface area contributed by atoms with Crippen LogP contribution in [0.25, 0.3) is 0 Å². The summed E-state index contributed by atoms with van der Waals surface area (Å²) in [5.74, 6) is 5.24. The van der Waals surface area contributed by atoms with Crippen molar-refractivity contribution in [1.82, 2.24) is 5.43 Å². The van der Waals surface area contributed by atoms with E-state index in [9.17, 15) is 26.3 Å². The average Bonchev–Trinajstić information content (AvgIpc) is 2.35. The second-order valence-corrected chi connectivity index (χ2v) is 4.77. The average molecular weight is 314 g/mol. The van der Waals surface area contributed by atoms with Crippen molar-refractivity contribution in [3.8, 4) is 0 Å². The van der Waals surface area contributed by atoms with Crippen LogP contribution in [0.5, 0.6) is 0 Å². The van der Waals surface area contributed by atoms with Gasteiger partial charge in [-0.2, -0.15) is 26.3 Å². The molecule has 1 aromatic carbocycles. The lowest BCUT2D eigenvalue weighted by atomic mass is 9.99. The third kappa shape index (κ3) is 6.81. The summed E-state index contributed by atoms with van der Waals surface area (Å²) in [5.41, 5.74) is 1.94. The van der Waals surface area contributed by atoms with Crippen molar-refractivity contribution in [3.05, 3.63) is 35.4 Å². The molecule has 3 N–H and O–H groups in total. The van der Waals surface area contributed by atoms with E-state index in [1.165, 1.54) is 12.1 Å². The number of rotatable bonds is 6. The number of benzene rings is 1. The number of hydrogen-bond acceptors (Lipinski definition) is 2. The van der Waals surface area contributed by atoms with Crippen molar-refractivity contribution < 1.29 is 26.3 Å². The van der Waals surface area contributed by atoms with Crippen molar-refractivity contribution in [2.75, 3.05) is 0 Å². The molecule has 1 rings (SSSR count). The number of hydrogen-bond donors (Lipinski definition) is 2. The van der Waals surface area contributed by atoms with Crippen molar-refractivity contribution in [1.29, 1.82) is 0 Å². The van der Waals surface area contributed by atoms with Gasteiger partial charge < -0.3 is 0 Å². The molecule has 0 fully saturated rings. The van der Waals surface area contributed by atoms with E-state index in [1.807, 2.05) is 0 Å². The minimum absolute atomic E-state index is 0.128. The summed E-state index contributed by atoms with van der Waals surface area (Å²) in [7, 11) is 0. The summed E-state index contributed by atoms with van der Waals surface area (Å²) in [6, 6.07) is 4.17. The molecule has 1 unspecified atom stereocenters. The number of alkyl halides is 6. The topological polar surface area (TPSA) is 38.0 Å². The first-order chi connectivity index (χ1) is 9.62. The van der Waals surface area contributed by atoms with E-state index in [-0.39, 0.29) is 19.3 Å². The van der Waals surface area contributed by atoms with E-state index in [2.05, 4.69) is 5.43 Å². The van der Waals surface area contributed by atoms with E-state index in [1.54, 1.807) is 0 Å². The monoisotopic (exact) mass is 314 g/mol. The summed E-state index contributed by atoms with van der Waals surface area (Å²) in [4.78, 5) is 0. The third-order valence-corrected chi connectivity index (χ3v) is 2.98. The molecule has 0 aliphatic carbocycles. The largest absolute Gasteiger partial charge is 0.416 e. The Kier molecular flexibility index (Phi) is 6.03. The Morgan fingerprint density at radius 3 is 2.29 bits per heavy atom. The highest BCUT2D eigenvalue weighted by Crippen LogP contribution is 2.30. The molecule has 0 aliphatic rings. The summed E-state index contributed by atoms with van der Waals surface area (Å²) in [6.45, 7) is 0. The third-order valence-electron chi connectivity index (χ3n) is 2.98. The van der Waals surface area contributed by atoms with Gasteiger partial charge in [0.25, 0.3) is 0 Å². The molecule has 8 heteroatoms. The van der Waals surface area contributed by atoms with Crippen LogP contribution >= 0.6 is 0 Å². The first-order valence-corrected chi connectivity index (χ1v) is 6.31. The normalized spacial score (nSPS) is 14.2. The van der Waals surface area contributed by atoms with E-state index >= 15 is 0 Å². The predicted octanol–water partition coefficient (Wildman–Crippen LogP) is 3.81. The maximum atomic E-state index is 12.6. The minimum Gasteiger partial charge on any atom is -0.271 e. The summed E-state index contributed by atoms with van der Waals surface area (Å²) in [5, 5.41) is 0. The van der Waals surface area contributed by atoms with Crippen molar-refractivity contribution in [2.45, 2.75) is 44.1 Å². The molecular weight excluding hydrogens is 298 g/mol. The molecule has 0 aliphatic heterocycles. The lowest BCUT2D eigenvalue weighted by Crippen LogP contribution is -2.37. The molecule has 21 heavy (non-hydrogen) atoms. The van der Waals surface area contributed by atoms with Gasteiger partial charge in [0.05, 0.1) is 5.56 Å². The van der Waals surface area contributed by atoms with Crippen LogP contribution in [-0.2, 0) is 12.6 Å². The van der Waals surface area contributed by atoms with Gasteiger partial charge in [0.1, 0.15) is 0 Å². The zero-order valence-corrected chi connectivity index (χ0v) is 11.1. The van der Waals surface area contributed by atoms with Crippen molar-refractivity contribution in [3.63, 3.8) is 0 Å². The molecule has 120 valence electrons. The maximum absolute atomic E-state index is 12.6. The van der Waals surface area contributed by atoms with Gasteiger partial charge in [0.2, 0.25) is 0 Å². The quantitative estimate of drug-likeness (QED) is 0.476. The van der Waals surface area contributed by atoms with Crippen LogP contribution in [0.3, 0.4) is 0 Å². The van der Waals surface area contributed by atoms with Gasteiger partial charge >= 0.3 is 12.4 Å². The van der Waals surface area contributed by atoms with Gasteiger partial charge in [-0.1, -0.05) is 18.2 Å². The van der Waals surface area contributed by atoms with Gasteiger partial charge in [-0.25, -0.2) is 0 Å². The SMILES string of the molecule is NNC(CCCC(F)(F)F)Cc1cccc(C(F)(F)F)c1. The highest BCUT2D eigenvalue weighted by molar-refractivity contribution is 5.26. The lowest BCUT2D eigenvalue weighted by molar-refractivity contribution is -0.138. The lowest BCUT2D eigenvalue weighted by Gasteiger charge is -2.17. The van der Waals surface area contributed by atoms with Gasteiger partial charge in [-0.3, -0.25) is 11.3 Å². The number of halogens is 6. The molecule has 0 bridgehead atoms. The van der Waals surface area contributed by atoms with Crippen molar-refractivity contribution in [2.24, 2.45) is 5.84 Å². The first kappa shape index (κ1) is 17.8. The van der Waals surface area contributed by atoms with Gasteiger partial charge in [0.15, 0.2) is 0 Å². The Morgan fingerprint density at radius 2 is 1.76 bits per heavy atom. The molecular formula is C13H16F6N2. The van der Waals surface area contributed by atoms with E-state index in [4.69, 9.17) is 5.84 Å². The van der Waals surface area contributed by atoms with Crippen LogP contribution in [0.4, 0.5) is 26.3 Å². The minimum atomic E-state index is -4.45. The van der Waals surface area contributed by atoms with Gasteiger partial charge in [0, 0.05) is 12.5 Å². The molecule has 0 heterocycles. The standard InChI is InChI=1S/C13H16F6N2/c14-12(15,16)6-2-5-11(21-20)8-9-3-1-4-10(7-9)13(17,18)19/h1,3-4,7,11,21H,2,5-6,8,20H2. The van der Waals surface area contributed by atoms with Crippen LogP contribution in [0, 0.1) is 0 Å². The van der Waals surface area contributed by atoms with E-state index < -0.39 is 30.4 Å². The number of nitrogens with two attached hydrogens (primary N) is 1.